The molecule has 16 heavy (non-hydrogen) atoms. The number of halogens is 1. The first-order valence-electron chi connectivity index (χ1n) is 5.43. The fourth-order valence-electron chi connectivity index (χ4n) is 2.05. The average molecular weight is 242 g/mol. The molecule has 0 amide bonds. The van der Waals surface area contributed by atoms with Crippen molar-refractivity contribution < 1.29 is 9.57 Å². The summed E-state index contributed by atoms with van der Waals surface area (Å²) in [6.07, 6.45) is 1.98. The van der Waals surface area contributed by atoms with Crippen LogP contribution in [0.2, 0.25) is 5.02 Å². The standard InChI is InChI=1S/C12H16ClNO2/c1-8-6-9-11(14-15-2)4-3-5-16-12(9)10(13)7-8/h6-7,11,14H,3-5H2,1-2H3. The fourth-order valence-corrected chi connectivity index (χ4v) is 2.38. The van der Waals surface area contributed by atoms with Crippen LogP contribution in [0.15, 0.2) is 12.1 Å². The van der Waals surface area contributed by atoms with Crippen molar-refractivity contribution in [2.45, 2.75) is 25.8 Å². The zero-order valence-electron chi connectivity index (χ0n) is 9.55. The minimum Gasteiger partial charge on any atom is -0.492 e. The number of fused-ring (bicyclic) bond motifs is 1. The van der Waals surface area contributed by atoms with E-state index >= 15 is 0 Å². The molecule has 1 atom stereocenters. The lowest BCUT2D eigenvalue weighted by atomic mass is 10.0. The van der Waals surface area contributed by atoms with Gasteiger partial charge in [-0.1, -0.05) is 17.7 Å². The van der Waals surface area contributed by atoms with Crippen LogP contribution >= 0.6 is 11.6 Å². The van der Waals surface area contributed by atoms with Gasteiger partial charge in [-0.3, -0.25) is 0 Å². The van der Waals surface area contributed by atoms with Crippen molar-refractivity contribution in [2.75, 3.05) is 13.7 Å². The zero-order valence-corrected chi connectivity index (χ0v) is 10.3. The van der Waals surface area contributed by atoms with Gasteiger partial charge in [0.15, 0.2) is 0 Å². The third-order valence-electron chi connectivity index (χ3n) is 2.74. The Hall–Kier alpha value is -0.770. The molecule has 0 radical (unpaired) electrons. The molecule has 1 aromatic carbocycles. The Kier molecular flexibility index (Phi) is 3.69. The van der Waals surface area contributed by atoms with E-state index in [1.165, 1.54) is 0 Å². The van der Waals surface area contributed by atoms with E-state index < -0.39 is 0 Å². The van der Waals surface area contributed by atoms with Gasteiger partial charge in [0, 0.05) is 5.56 Å². The molecule has 1 aliphatic rings. The van der Waals surface area contributed by atoms with Gasteiger partial charge in [0.2, 0.25) is 0 Å². The van der Waals surface area contributed by atoms with E-state index in [9.17, 15) is 0 Å². The molecule has 0 saturated carbocycles. The van der Waals surface area contributed by atoms with E-state index in [0.29, 0.717) is 11.6 Å². The summed E-state index contributed by atoms with van der Waals surface area (Å²) in [6.45, 7) is 2.73. The number of benzene rings is 1. The molecule has 1 aromatic rings. The summed E-state index contributed by atoms with van der Waals surface area (Å²) in [5, 5.41) is 0.680. The highest BCUT2D eigenvalue weighted by atomic mass is 35.5. The van der Waals surface area contributed by atoms with E-state index in [2.05, 4.69) is 11.5 Å². The molecule has 0 fully saturated rings. The average Bonchev–Trinajstić information content (AvgIpc) is 2.42. The molecule has 1 heterocycles. The summed E-state index contributed by atoms with van der Waals surface area (Å²) >= 11 is 6.19. The van der Waals surface area contributed by atoms with Crippen LogP contribution in [0.3, 0.4) is 0 Å². The van der Waals surface area contributed by atoms with Crippen molar-refractivity contribution in [3.05, 3.63) is 28.3 Å². The van der Waals surface area contributed by atoms with Crippen LogP contribution < -0.4 is 10.2 Å². The lowest BCUT2D eigenvalue weighted by Crippen LogP contribution is -2.19. The Labute approximate surface area is 101 Å². The number of aryl methyl sites for hydroxylation is 1. The third kappa shape index (κ3) is 2.32. The molecule has 4 heteroatoms. The highest BCUT2D eigenvalue weighted by molar-refractivity contribution is 6.32. The van der Waals surface area contributed by atoms with E-state index in [0.717, 1.165) is 29.7 Å². The number of rotatable bonds is 2. The Morgan fingerprint density at radius 1 is 1.50 bits per heavy atom. The lowest BCUT2D eigenvalue weighted by molar-refractivity contribution is 0.0579. The van der Waals surface area contributed by atoms with Crippen molar-refractivity contribution >= 4 is 11.6 Å². The normalized spacial score (nSPS) is 19.8. The Morgan fingerprint density at radius 3 is 3.06 bits per heavy atom. The molecule has 88 valence electrons. The summed E-state index contributed by atoms with van der Waals surface area (Å²) in [5.41, 5.74) is 5.22. The van der Waals surface area contributed by atoms with Crippen LogP contribution in [0.4, 0.5) is 0 Å². The molecule has 2 rings (SSSR count). The molecule has 0 bridgehead atoms. The van der Waals surface area contributed by atoms with Crippen molar-refractivity contribution in [3.63, 3.8) is 0 Å². The first kappa shape index (κ1) is 11.7. The topological polar surface area (TPSA) is 30.5 Å². The van der Waals surface area contributed by atoms with Gasteiger partial charge in [-0.25, -0.2) is 0 Å². The SMILES string of the molecule is CONC1CCCOc2c(Cl)cc(C)cc21. The first-order valence-corrected chi connectivity index (χ1v) is 5.81. The minimum atomic E-state index is 0.153. The van der Waals surface area contributed by atoms with E-state index in [-0.39, 0.29) is 6.04 Å². The van der Waals surface area contributed by atoms with Crippen LogP contribution in [0.5, 0.6) is 5.75 Å². The molecule has 1 N–H and O–H groups in total. The third-order valence-corrected chi connectivity index (χ3v) is 3.02. The predicted molar refractivity (Wildman–Crippen MR) is 63.8 cm³/mol. The van der Waals surface area contributed by atoms with Gasteiger partial charge in [-0.05, 0) is 31.4 Å². The smallest absolute Gasteiger partial charge is 0.142 e. The second-order valence-electron chi connectivity index (χ2n) is 4.03. The van der Waals surface area contributed by atoms with Crippen molar-refractivity contribution in [3.8, 4) is 5.75 Å². The largest absolute Gasteiger partial charge is 0.492 e. The van der Waals surface area contributed by atoms with Crippen LogP contribution in [0.1, 0.15) is 30.0 Å². The maximum Gasteiger partial charge on any atom is 0.142 e. The number of hydrogen-bond donors (Lipinski definition) is 1. The molecule has 0 saturated heterocycles. The summed E-state index contributed by atoms with van der Waals surface area (Å²) in [5.74, 6) is 0.791. The summed E-state index contributed by atoms with van der Waals surface area (Å²) in [6, 6.07) is 4.18. The van der Waals surface area contributed by atoms with E-state index in [1.54, 1.807) is 7.11 Å². The van der Waals surface area contributed by atoms with Crippen molar-refractivity contribution in [2.24, 2.45) is 0 Å². The van der Waals surface area contributed by atoms with Gasteiger partial charge in [0.1, 0.15) is 5.75 Å². The minimum absolute atomic E-state index is 0.153. The zero-order chi connectivity index (χ0) is 11.5. The lowest BCUT2D eigenvalue weighted by Gasteiger charge is -2.18. The van der Waals surface area contributed by atoms with Gasteiger partial charge in [0.05, 0.1) is 24.8 Å². The predicted octanol–water partition coefficient (Wildman–Crippen LogP) is 3.01. The molecular weight excluding hydrogens is 226 g/mol. The fraction of sp³-hybridized carbons (Fsp3) is 0.500. The van der Waals surface area contributed by atoms with Crippen molar-refractivity contribution in [1.29, 1.82) is 0 Å². The van der Waals surface area contributed by atoms with Gasteiger partial charge >= 0.3 is 0 Å². The number of nitrogens with one attached hydrogen (secondary N) is 1. The van der Waals surface area contributed by atoms with Gasteiger partial charge in [0.25, 0.3) is 0 Å². The van der Waals surface area contributed by atoms with Crippen LogP contribution in [-0.2, 0) is 4.84 Å². The molecule has 0 aliphatic carbocycles. The highest BCUT2D eigenvalue weighted by Crippen LogP contribution is 2.37. The van der Waals surface area contributed by atoms with Gasteiger partial charge in [-0.2, -0.15) is 5.48 Å². The van der Waals surface area contributed by atoms with Crippen LogP contribution in [0.25, 0.3) is 0 Å². The second-order valence-corrected chi connectivity index (χ2v) is 4.44. The molecule has 0 spiro atoms. The molecule has 1 aliphatic heterocycles. The first-order chi connectivity index (χ1) is 7.72. The number of ether oxygens (including phenoxy) is 1. The molecule has 3 nitrogen and oxygen atoms in total. The van der Waals surface area contributed by atoms with Crippen LogP contribution in [-0.4, -0.2) is 13.7 Å². The molecular formula is C12H16ClNO2. The maximum absolute atomic E-state index is 6.19. The quantitative estimate of drug-likeness (QED) is 0.808. The van der Waals surface area contributed by atoms with E-state index in [4.69, 9.17) is 21.2 Å². The maximum atomic E-state index is 6.19. The van der Waals surface area contributed by atoms with Gasteiger partial charge < -0.3 is 9.57 Å². The number of hydrogen-bond acceptors (Lipinski definition) is 3. The Bertz CT molecular complexity index is 382. The Balaban J connectivity index is 2.43. The Morgan fingerprint density at radius 2 is 2.31 bits per heavy atom. The summed E-state index contributed by atoms with van der Waals surface area (Å²) < 4.78 is 5.68. The second kappa shape index (κ2) is 5.04. The summed E-state index contributed by atoms with van der Waals surface area (Å²) in [7, 11) is 1.63. The highest BCUT2D eigenvalue weighted by Gasteiger charge is 2.22. The van der Waals surface area contributed by atoms with Gasteiger partial charge in [-0.15, -0.1) is 0 Å². The molecule has 1 unspecified atom stereocenters. The summed E-state index contributed by atoms with van der Waals surface area (Å²) in [4.78, 5) is 5.02. The number of hydroxylamine groups is 1. The monoisotopic (exact) mass is 241 g/mol. The van der Waals surface area contributed by atoms with E-state index in [1.807, 2.05) is 13.0 Å². The van der Waals surface area contributed by atoms with Crippen molar-refractivity contribution in [1.82, 2.24) is 5.48 Å². The van der Waals surface area contributed by atoms with Crippen LogP contribution in [0, 0.1) is 6.92 Å². The molecule has 0 aromatic heterocycles.